The summed E-state index contributed by atoms with van der Waals surface area (Å²) in [5.41, 5.74) is 1.86. The van der Waals surface area contributed by atoms with E-state index in [-0.39, 0.29) is 5.69 Å². The molecular formula is C10H8FN3O2. The minimum absolute atomic E-state index is 0.0687. The molecule has 1 aromatic rings. The van der Waals surface area contributed by atoms with Crippen molar-refractivity contribution in [3.05, 3.63) is 30.1 Å². The number of hydrogen-bond acceptors (Lipinski definition) is 5. The SMILES string of the molecule is COC(=O)/C(C#N)=N/Nc1ccccc1F. The molecule has 1 rings (SSSR count). The van der Waals surface area contributed by atoms with Gasteiger partial charge in [0.25, 0.3) is 0 Å². The first-order chi connectivity index (χ1) is 7.69. The van der Waals surface area contributed by atoms with Crippen LogP contribution < -0.4 is 5.43 Å². The van der Waals surface area contributed by atoms with Crippen molar-refractivity contribution in [3.8, 4) is 6.07 Å². The number of halogens is 1. The fraction of sp³-hybridized carbons (Fsp3) is 0.100. The van der Waals surface area contributed by atoms with Crippen LogP contribution in [-0.2, 0) is 9.53 Å². The third-order valence-electron chi connectivity index (χ3n) is 1.65. The average Bonchev–Trinajstić information content (AvgIpc) is 2.31. The van der Waals surface area contributed by atoms with Crippen molar-refractivity contribution < 1.29 is 13.9 Å². The Morgan fingerprint density at radius 3 is 2.81 bits per heavy atom. The number of ether oxygens (including phenoxy) is 1. The third-order valence-corrected chi connectivity index (χ3v) is 1.65. The molecule has 0 aliphatic carbocycles. The minimum atomic E-state index is -0.883. The maximum atomic E-state index is 13.1. The molecule has 82 valence electrons. The quantitative estimate of drug-likeness (QED) is 0.474. The van der Waals surface area contributed by atoms with Crippen LogP contribution in [0, 0.1) is 17.1 Å². The molecule has 0 amide bonds. The molecule has 16 heavy (non-hydrogen) atoms. The van der Waals surface area contributed by atoms with Gasteiger partial charge in [0.05, 0.1) is 12.8 Å². The Kier molecular flexibility index (Phi) is 3.98. The summed E-state index contributed by atoms with van der Waals surface area (Å²) in [5, 5.41) is 12.0. The number of anilines is 1. The molecule has 0 saturated carbocycles. The van der Waals surface area contributed by atoms with Gasteiger partial charge >= 0.3 is 5.97 Å². The normalized spacial score (nSPS) is 10.4. The number of benzene rings is 1. The van der Waals surface area contributed by atoms with E-state index in [1.165, 1.54) is 24.3 Å². The number of hydrogen-bond donors (Lipinski definition) is 1. The van der Waals surface area contributed by atoms with Crippen molar-refractivity contribution in [1.82, 2.24) is 0 Å². The zero-order valence-electron chi connectivity index (χ0n) is 8.40. The van der Waals surface area contributed by atoms with Crippen molar-refractivity contribution >= 4 is 17.4 Å². The van der Waals surface area contributed by atoms with Gasteiger partial charge in [-0.2, -0.15) is 10.4 Å². The lowest BCUT2D eigenvalue weighted by Gasteiger charge is -2.01. The zero-order chi connectivity index (χ0) is 12.0. The predicted molar refractivity (Wildman–Crippen MR) is 55.1 cm³/mol. The van der Waals surface area contributed by atoms with E-state index >= 15 is 0 Å². The first-order valence-electron chi connectivity index (χ1n) is 4.25. The summed E-state index contributed by atoms with van der Waals surface area (Å²) >= 11 is 0. The van der Waals surface area contributed by atoms with Crippen LogP contribution in [0.3, 0.4) is 0 Å². The van der Waals surface area contributed by atoms with Gasteiger partial charge in [-0.3, -0.25) is 5.43 Å². The highest BCUT2D eigenvalue weighted by atomic mass is 19.1. The van der Waals surface area contributed by atoms with Gasteiger partial charge in [0.1, 0.15) is 11.9 Å². The highest BCUT2D eigenvalue weighted by Crippen LogP contribution is 2.11. The Morgan fingerprint density at radius 1 is 1.56 bits per heavy atom. The van der Waals surface area contributed by atoms with Gasteiger partial charge < -0.3 is 4.74 Å². The maximum absolute atomic E-state index is 13.1. The number of carbonyl (C=O) groups excluding carboxylic acids is 1. The van der Waals surface area contributed by atoms with Gasteiger partial charge in [0.15, 0.2) is 0 Å². The zero-order valence-corrected chi connectivity index (χ0v) is 8.40. The van der Waals surface area contributed by atoms with Crippen molar-refractivity contribution in [3.63, 3.8) is 0 Å². The van der Waals surface area contributed by atoms with Crippen molar-refractivity contribution in [2.45, 2.75) is 0 Å². The molecule has 0 aliphatic heterocycles. The second-order valence-corrected chi connectivity index (χ2v) is 2.66. The number of carbonyl (C=O) groups is 1. The molecule has 0 heterocycles. The average molecular weight is 221 g/mol. The van der Waals surface area contributed by atoms with E-state index in [2.05, 4.69) is 15.3 Å². The van der Waals surface area contributed by atoms with E-state index in [1.54, 1.807) is 6.07 Å². The van der Waals surface area contributed by atoms with E-state index < -0.39 is 17.5 Å². The van der Waals surface area contributed by atoms with Crippen molar-refractivity contribution in [2.24, 2.45) is 5.10 Å². The first kappa shape index (κ1) is 11.7. The van der Waals surface area contributed by atoms with Crippen molar-refractivity contribution in [1.29, 1.82) is 5.26 Å². The standard InChI is InChI=1S/C10H8FN3O2/c1-16-10(15)9(6-12)14-13-8-5-3-2-4-7(8)11/h2-5,13H,1H3/b14-9+. The Bertz CT molecular complexity index is 465. The molecule has 5 nitrogen and oxygen atoms in total. The van der Waals surface area contributed by atoms with Gasteiger partial charge in [-0.05, 0) is 12.1 Å². The van der Waals surface area contributed by atoms with E-state index in [0.29, 0.717) is 0 Å². The molecule has 0 fully saturated rings. The number of para-hydroxylation sites is 1. The molecule has 0 unspecified atom stereocenters. The summed E-state index contributed by atoms with van der Waals surface area (Å²) in [7, 11) is 1.12. The molecule has 0 aliphatic rings. The maximum Gasteiger partial charge on any atom is 0.369 e. The topological polar surface area (TPSA) is 74.5 Å². The molecule has 0 saturated heterocycles. The fourth-order valence-electron chi connectivity index (χ4n) is 0.881. The van der Waals surface area contributed by atoms with Crippen LogP contribution in [0.4, 0.5) is 10.1 Å². The molecule has 1 aromatic carbocycles. The van der Waals surface area contributed by atoms with E-state index in [9.17, 15) is 9.18 Å². The van der Waals surface area contributed by atoms with Crippen LogP contribution in [0.2, 0.25) is 0 Å². The highest BCUT2D eigenvalue weighted by Gasteiger charge is 2.10. The molecule has 0 radical (unpaired) electrons. The van der Waals surface area contributed by atoms with Crippen LogP contribution in [0.25, 0.3) is 0 Å². The molecule has 0 atom stereocenters. The number of esters is 1. The first-order valence-corrected chi connectivity index (χ1v) is 4.25. The van der Waals surface area contributed by atoms with Crippen LogP contribution in [0.5, 0.6) is 0 Å². The summed E-state index contributed by atoms with van der Waals surface area (Å²) in [6, 6.07) is 7.28. The molecule has 0 spiro atoms. The Labute approximate surface area is 91.1 Å². The lowest BCUT2D eigenvalue weighted by Crippen LogP contribution is -2.15. The van der Waals surface area contributed by atoms with Crippen LogP contribution >= 0.6 is 0 Å². The smallest absolute Gasteiger partial charge is 0.369 e. The molecule has 1 N–H and O–H groups in total. The highest BCUT2D eigenvalue weighted by molar-refractivity contribution is 6.43. The third kappa shape index (κ3) is 2.78. The number of nitrogens with one attached hydrogen (secondary N) is 1. The predicted octanol–water partition coefficient (Wildman–Crippen LogP) is 1.29. The molecular weight excluding hydrogens is 213 g/mol. The summed E-state index contributed by atoms with van der Waals surface area (Å²) in [6.07, 6.45) is 0. The van der Waals surface area contributed by atoms with Gasteiger partial charge in [-0.25, -0.2) is 9.18 Å². The van der Waals surface area contributed by atoms with Gasteiger partial charge in [-0.1, -0.05) is 12.1 Å². The second-order valence-electron chi connectivity index (χ2n) is 2.66. The van der Waals surface area contributed by atoms with Gasteiger partial charge in [0, 0.05) is 0 Å². The largest absolute Gasteiger partial charge is 0.464 e. The van der Waals surface area contributed by atoms with Crippen LogP contribution in [0.15, 0.2) is 29.4 Å². The molecule has 0 aromatic heterocycles. The van der Waals surface area contributed by atoms with Gasteiger partial charge in [-0.15, -0.1) is 0 Å². The number of nitriles is 1. The Morgan fingerprint density at radius 2 is 2.25 bits per heavy atom. The summed E-state index contributed by atoms with van der Waals surface area (Å²) in [5.74, 6) is -1.42. The molecule has 6 heteroatoms. The summed E-state index contributed by atoms with van der Waals surface area (Å²) in [4.78, 5) is 10.9. The van der Waals surface area contributed by atoms with Gasteiger partial charge in [0.2, 0.25) is 5.71 Å². The Balaban J connectivity index is 2.84. The number of hydrazone groups is 1. The molecule has 0 bridgehead atoms. The summed E-state index contributed by atoms with van der Waals surface area (Å²) < 4.78 is 17.4. The lowest BCUT2D eigenvalue weighted by atomic mass is 10.3. The Hall–Kier alpha value is -2.42. The number of nitrogens with zero attached hydrogens (tertiary/aromatic N) is 2. The van der Waals surface area contributed by atoms with E-state index in [4.69, 9.17) is 5.26 Å². The lowest BCUT2D eigenvalue weighted by molar-refractivity contribution is -0.132. The second kappa shape index (κ2) is 5.46. The summed E-state index contributed by atoms with van der Waals surface area (Å²) in [6.45, 7) is 0. The monoisotopic (exact) mass is 221 g/mol. The van der Waals surface area contributed by atoms with E-state index in [1.807, 2.05) is 0 Å². The minimum Gasteiger partial charge on any atom is -0.464 e. The van der Waals surface area contributed by atoms with Crippen LogP contribution in [-0.4, -0.2) is 18.8 Å². The fourth-order valence-corrected chi connectivity index (χ4v) is 0.881. The van der Waals surface area contributed by atoms with Crippen molar-refractivity contribution in [2.75, 3.05) is 12.5 Å². The van der Waals surface area contributed by atoms with Crippen LogP contribution in [0.1, 0.15) is 0 Å². The van der Waals surface area contributed by atoms with E-state index in [0.717, 1.165) is 7.11 Å². The number of methoxy groups -OCH3 is 1. The number of rotatable bonds is 3.